The minimum atomic E-state index is -0.629. The second kappa shape index (κ2) is 5.74. The lowest BCUT2D eigenvalue weighted by atomic mass is 9.92. The Balaban J connectivity index is 3.11. The molecule has 0 aliphatic carbocycles. The highest BCUT2D eigenvalue weighted by Crippen LogP contribution is 2.23. The molecule has 0 saturated carbocycles. The zero-order valence-corrected chi connectivity index (χ0v) is 13.0. The van der Waals surface area contributed by atoms with Gasteiger partial charge in [0.1, 0.15) is 11.5 Å². The number of carbonyl (C=O) groups is 1. The molecule has 3 N–H and O–H groups in total. The van der Waals surface area contributed by atoms with Crippen LogP contribution >= 0.6 is 12.2 Å². The number of carbonyl (C=O) groups excluding carboxylic acids is 1. The maximum absolute atomic E-state index is 12.5. The number of nitrogens with one attached hydrogen (secondary N) is 1. The van der Waals surface area contributed by atoms with Gasteiger partial charge in [-0.05, 0) is 33.6 Å². The topological polar surface area (TPSA) is 68.3 Å². The molecule has 0 fully saturated rings. The molecule has 1 aromatic heterocycles. The fraction of sp³-hybridized carbons (Fsp3) is 0.571. The summed E-state index contributed by atoms with van der Waals surface area (Å²) in [5.41, 5.74) is 6.61. The summed E-state index contributed by atoms with van der Waals surface area (Å²) >= 11 is 5.11. The fourth-order valence-electron chi connectivity index (χ4n) is 2.24. The molecular weight excluding hydrogens is 260 g/mol. The SMILES string of the molecule is CCC(CC)(NC(=O)c1c(C)oc(C)c1C)C(N)=S. The van der Waals surface area contributed by atoms with Crippen molar-refractivity contribution in [2.45, 2.75) is 53.0 Å². The highest BCUT2D eigenvalue weighted by Gasteiger charge is 2.33. The smallest absolute Gasteiger partial charge is 0.255 e. The van der Waals surface area contributed by atoms with Gasteiger partial charge >= 0.3 is 0 Å². The standard InChI is InChI=1S/C14H22N2O2S/c1-6-14(7-2,13(15)19)16-12(17)11-8(3)9(4)18-10(11)5/h6-7H2,1-5H3,(H2,15,19)(H,16,17). The molecule has 1 amide bonds. The highest BCUT2D eigenvalue weighted by atomic mass is 32.1. The van der Waals surface area contributed by atoms with Crippen LogP contribution in [0.3, 0.4) is 0 Å². The number of furan rings is 1. The molecule has 1 aromatic rings. The maximum Gasteiger partial charge on any atom is 0.255 e. The summed E-state index contributed by atoms with van der Waals surface area (Å²) in [6, 6.07) is 0. The van der Waals surface area contributed by atoms with Crippen LogP contribution in [0.1, 0.15) is 54.1 Å². The zero-order valence-electron chi connectivity index (χ0n) is 12.2. The predicted octanol–water partition coefficient (Wildman–Crippen LogP) is 2.78. The minimum absolute atomic E-state index is 0.177. The van der Waals surface area contributed by atoms with Crippen LogP contribution in [0.2, 0.25) is 0 Å². The van der Waals surface area contributed by atoms with Crippen molar-refractivity contribution in [3.05, 3.63) is 22.6 Å². The van der Waals surface area contributed by atoms with Crippen molar-refractivity contribution in [2.75, 3.05) is 0 Å². The molecule has 0 atom stereocenters. The van der Waals surface area contributed by atoms with Crippen LogP contribution in [0, 0.1) is 20.8 Å². The van der Waals surface area contributed by atoms with E-state index in [4.69, 9.17) is 22.4 Å². The molecule has 0 radical (unpaired) electrons. The molecule has 0 spiro atoms. The third-order valence-electron chi connectivity index (χ3n) is 3.82. The number of thiocarbonyl (C=S) groups is 1. The van der Waals surface area contributed by atoms with Crippen molar-refractivity contribution in [1.29, 1.82) is 0 Å². The predicted molar refractivity (Wildman–Crippen MR) is 80.5 cm³/mol. The Labute approximate surface area is 119 Å². The highest BCUT2D eigenvalue weighted by molar-refractivity contribution is 7.80. The average molecular weight is 282 g/mol. The van der Waals surface area contributed by atoms with Crippen molar-refractivity contribution in [2.24, 2.45) is 5.73 Å². The van der Waals surface area contributed by atoms with Gasteiger partial charge in [0, 0.05) is 5.56 Å². The molecule has 4 nitrogen and oxygen atoms in total. The van der Waals surface area contributed by atoms with Gasteiger partial charge in [0.25, 0.3) is 5.91 Å². The molecule has 0 unspecified atom stereocenters. The van der Waals surface area contributed by atoms with E-state index in [9.17, 15) is 4.79 Å². The molecule has 0 bridgehead atoms. The second-order valence-corrected chi connectivity index (χ2v) is 5.26. The van der Waals surface area contributed by atoms with Gasteiger partial charge in [-0.2, -0.15) is 0 Å². The zero-order chi connectivity index (χ0) is 14.8. The molecule has 0 aromatic carbocycles. The van der Waals surface area contributed by atoms with Gasteiger partial charge in [-0.3, -0.25) is 4.79 Å². The summed E-state index contributed by atoms with van der Waals surface area (Å²) in [5.74, 6) is 1.21. The van der Waals surface area contributed by atoms with E-state index in [2.05, 4.69) is 5.32 Å². The van der Waals surface area contributed by atoms with Crippen LogP contribution < -0.4 is 11.1 Å². The largest absolute Gasteiger partial charge is 0.466 e. The van der Waals surface area contributed by atoms with Crippen molar-refractivity contribution >= 4 is 23.1 Å². The summed E-state index contributed by atoms with van der Waals surface area (Å²) in [6.45, 7) is 9.43. The molecule has 0 aliphatic heterocycles. The summed E-state index contributed by atoms with van der Waals surface area (Å²) in [6.07, 6.45) is 1.33. The summed E-state index contributed by atoms with van der Waals surface area (Å²) in [7, 11) is 0. The van der Waals surface area contributed by atoms with E-state index < -0.39 is 5.54 Å². The third-order valence-corrected chi connectivity index (χ3v) is 4.21. The van der Waals surface area contributed by atoms with Gasteiger partial charge in [0.2, 0.25) is 0 Å². The van der Waals surface area contributed by atoms with Crippen molar-refractivity contribution in [3.63, 3.8) is 0 Å². The number of amides is 1. The van der Waals surface area contributed by atoms with E-state index in [1.807, 2.05) is 27.7 Å². The van der Waals surface area contributed by atoms with Crippen molar-refractivity contribution in [1.82, 2.24) is 5.32 Å². The fourth-order valence-corrected chi connectivity index (χ4v) is 2.58. The molecular formula is C14H22N2O2S. The van der Waals surface area contributed by atoms with E-state index in [0.29, 0.717) is 29.2 Å². The van der Waals surface area contributed by atoms with Crippen LogP contribution in [0.5, 0.6) is 0 Å². The Morgan fingerprint density at radius 1 is 1.26 bits per heavy atom. The van der Waals surface area contributed by atoms with Gasteiger partial charge < -0.3 is 15.5 Å². The van der Waals surface area contributed by atoms with Crippen molar-refractivity contribution < 1.29 is 9.21 Å². The van der Waals surface area contributed by atoms with Crippen LogP contribution in [-0.4, -0.2) is 16.4 Å². The molecule has 5 heteroatoms. The Hall–Kier alpha value is -1.36. The van der Waals surface area contributed by atoms with Crippen LogP contribution in [0.4, 0.5) is 0 Å². The van der Waals surface area contributed by atoms with E-state index in [1.54, 1.807) is 6.92 Å². The van der Waals surface area contributed by atoms with Gasteiger partial charge in [-0.15, -0.1) is 0 Å². The summed E-state index contributed by atoms with van der Waals surface area (Å²) < 4.78 is 5.48. The first kappa shape index (κ1) is 15.7. The van der Waals surface area contributed by atoms with Gasteiger partial charge in [0.05, 0.1) is 16.1 Å². The maximum atomic E-state index is 12.5. The lowest BCUT2D eigenvalue weighted by molar-refractivity contribution is 0.0918. The minimum Gasteiger partial charge on any atom is -0.466 e. The van der Waals surface area contributed by atoms with Crippen LogP contribution in [0.15, 0.2) is 4.42 Å². The Morgan fingerprint density at radius 3 is 2.11 bits per heavy atom. The molecule has 0 saturated heterocycles. The lowest BCUT2D eigenvalue weighted by Crippen LogP contribution is -2.56. The molecule has 1 heterocycles. The normalized spacial score (nSPS) is 11.4. The summed E-state index contributed by atoms with van der Waals surface area (Å²) in [4.78, 5) is 12.8. The van der Waals surface area contributed by atoms with Gasteiger partial charge in [0.15, 0.2) is 0 Å². The van der Waals surface area contributed by atoms with Gasteiger partial charge in [-0.25, -0.2) is 0 Å². The molecule has 0 aliphatic rings. The van der Waals surface area contributed by atoms with E-state index in [1.165, 1.54) is 0 Å². The van der Waals surface area contributed by atoms with E-state index in [0.717, 1.165) is 11.3 Å². The molecule has 1 rings (SSSR count). The first-order chi connectivity index (χ1) is 8.79. The van der Waals surface area contributed by atoms with Gasteiger partial charge in [-0.1, -0.05) is 26.1 Å². The van der Waals surface area contributed by atoms with Crippen LogP contribution in [0.25, 0.3) is 0 Å². The number of aryl methyl sites for hydroxylation is 2. The number of rotatable bonds is 5. The monoisotopic (exact) mass is 282 g/mol. The third kappa shape index (κ3) is 2.81. The Morgan fingerprint density at radius 2 is 1.79 bits per heavy atom. The van der Waals surface area contributed by atoms with Crippen LogP contribution in [-0.2, 0) is 0 Å². The first-order valence-electron chi connectivity index (χ1n) is 6.48. The van der Waals surface area contributed by atoms with E-state index in [-0.39, 0.29) is 5.91 Å². The first-order valence-corrected chi connectivity index (χ1v) is 6.88. The quantitative estimate of drug-likeness (QED) is 0.815. The Kier molecular flexibility index (Phi) is 4.74. The number of hydrogen-bond donors (Lipinski definition) is 2. The number of hydrogen-bond acceptors (Lipinski definition) is 3. The summed E-state index contributed by atoms with van der Waals surface area (Å²) in [5, 5.41) is 2.98. The van der Waals surface area contributed by atoms with E-state index >= 15 is 0 Å². The Bertz CT molecular complexity index is 502. The second-order valence-electron chi connectivity index (χ2n) is 4.82. The molecule has 19 heavy (non-hydrogen) atoms. The van der Waals surface area contributed by atoms with Crippen molar-refractivity contribution in [3.8, 4) is 0 Å². The number of nitrogens with two attached hydrogens (primary N) is 1. The lowest BCUT2D eigenvalue weighted by Gasteiger charge is -2.31. The average Bonchev–Trinajstić information content (AvgIpc) is 2.60. The molecule has 106 valence electrons.